The summed E-state index contributed by atoms with van der Waals surface area (Å²) in [5.74, 6) is -0.537. The zero-order valence-corrected chi connectivity index (χ0v) is 30.4. The van der Waals surface area contributed by atoms with E-state index >= 15 is 0 Å². The number of alkyl halides is 2. The fourth-order valence-corrected chi connectivity index (χ4v) is 6.96. The van der Waals surface area contributed by atoms with Crippen LogP contribution in [0.5, 0.6) is 6.01 Å². The number of benzene rings is 1. The van der Waals surface area contributed by atoms with Gasteiger partial charge in [0.05, 0.1) is 16.7 Å². The van der Waals surface area contributed by atoms with Crippen molar-refractivity contribution in [2.45, 2.75) is 10.2 Å². The molecule has 23 heteroatoms. The van der Waals surface area contributed by atoms with E-state index in [1.807, 2.05) is 0 Å². The number of nitrogens with zero attached hydrogens (tertiary/aromatic N) is 3. The molecule has 2 aromatic rings. The molecule has 0 aliphatic carbocycles. The second-order valence-corrected chi connectivity index (χ2v) is 14.2. The van der Waals surface area contributed by atoms with Crippen molar-refractivity contribution < 1.29 is 94.0 Å². The molecule has 0 radical (unpaired) electrons. The molecular weight excluding hydrogens is 746 g/mol. The third-order valence-corrected chi connectivity index (χ3v) is 10.7. The van der Waals surface area contributed by atoms with Gasteiger partial charge in [0.1, 0.15) is 14.5 Å². The second kappa shape index (κ2) is 19.1. The Bertz CT molecular complexity index is 1520. The normalized spacial score (nSPS) is 10.9. The predicted octanol–water partition coefficient (Wildman–Crippen LogP) is -5.30. The molecule has 2 rings (SSSR count). The Morgan fingerprint density at radius 3 is 1.84 bits per heavy atom. The number of aromatic nitrogens is 3. The first kappa shape index (κ1) is 43.3. The van der Waals surface area contributed by atoms with Gasteiger partial charge in [-0.3, -0.25) is 0 Å². The van der Waals surface area contributed by atoms with Gasteiger partial charge in [-0.05, 0) is 17.7 Å². The predicted molar refractivity (Wildman–Crippen MR) is 135 cm³/mol. The van der Waals surface area contributed by atoms with Gasteiger partial charge in [0.15, 0.2) is 14.9 Å². The van der Waals surface area contributed by atoms with Crippen molar-refractivity contribution in [1.82, 2.24) is 13.2 Å². The van der Waals surface area contributed by atoms with Crippen molar-refractivity contribution in [1.29, 1.82) is 0 Å². The van der Waals surface area contributed by atoms with Crippen molar-refractivity contribution >= 4 is 92.5 Å². The number of sulfone groups is 2. The molecule has 0 aliphatic rings. The van der Waals surface area contributed by atoms with E-state index in [4.69, 9.17) is 46.8 Å². The molecular formula is C15H14BrCl4N3Na2O10S3. The minimum atomic E-state index is -4.29. The number of hydrogen-bond donors (Lipinski definition) is 0. The molecule has 0 saturated carbocycles. The van der Waals surface area contributed by atoms with E-state index in [1.165, 1.54) is 12.1 Å². The Balaban J connectivity index is -0.000000472. The fourth-order valence-electron chi connectivity index (χ4n) is 1.63. The van der Waals surface area contributed by atoms with Gasteiger partial charge < -0.3 is 9.66 Å². The van der Waals surface area contributed by atoms with Crippen LogP contribution in [0.2, 0.25) is 0 Å². The van der Waals surface area contributed by atoms with E-state index in [0.29, 0.717) is 5.33 Å². The fraction of sp³-hybridized carbons (Fsp3) is 0.267. The van der Waals surface area contributed by atoms with Crippen LogP contribution in [0.15, 0.2) is 49.7 Å². The van der Waals surface area contributed by atoms with Gasteiger partial charge in [0.25, 0.3) is 0 Å². The van der Waals surface area contributed by atoms with Crippen LogP contribution in [0.1, 0.15) is 5.56 Å². The van der Waals surface area contributed by atoms with Crippen LogP contribution < -0.4 is 75.6 Å². The standard InChI is InChI=1S/C7H7BrO3S.C5H8Cl2O4S2.C3HCl2N3O3.2Na/c8-5-6-1-3-7(4-2-6)12(9,10)11;1-5(7)13(10,11)4-12(8,9)3-2-6;4-7-1(9)6-2(10)8(5)3(7)11;;/h1-4H,5H2,(H,9,10,11);1-4H2;(H,6,9,10);;/q;;;2*+1/p-2. The molecule has 38 heavy (non-hydrogen) atoms. The van der Waals surface area contributed by atoms with Gasteiger partial charge in [-0.2, -0.15) is 9.07 Å². The Labute approximate surface area is 290 Å². The minimum absolute atomic E-state index is 0. The Kier molecular flexibility index (Phi) is 21.7. The molecule has 0 aliphatic heterocycles. The van der Waals surface area contributed by atoms with Crippen molar-refractivity contribution in [2.75, 3.05) is 16.7 Å². The Hall–Kier alpha value is 0.820. The van der Waals surface area contributed by atoms with Crippen LogP contribution >= 0.6 is 62.7 Å². The van der Waals surface area contributed by atoms with Gasteiger partial charge in [0.2, 0.25) is 9.84 Å². The average molecular weight is 760 g/mol. The van der Waals surface area contributed by atoms with Gasteiger partial charge in [0, 0.05) is 34.8 Å². The molecule has 0 unspecified atom stereocenters. The summed E-state index contributed by atoms with van der Waals surface area (Å²) in [4.78, 5) is 23.7. The van der Waals surface area contributed by atoms with E-state index < -0.39 is 62.4 Å². The molecule has 0 saturated heterocycles. The summed E-state index contributed by atoms with van der Waals surface area (Å²) in [6, 6.07) is 4.66. The summed E-state index contributed by atoms with van der Waals surface area (Å²) in [5.41, 5.74) is -1.33. The first-order chi connectivity index (χ1) is 16.3. The summed E-state index contributed by atoms with van der Waals surface area (Å²) in [5, 5.41) is 10.1. The van der Waals surface area contributed by atoms with Crippen LogP contribution in [-0.4, -0.2) is 59.7 Å². The molecule has 0 fully saturated rings. The zero-order valence-electron chi connectivity index (χ0n) is 19.4. The van der Waals surface area contributed by atoms with Crippen LogP contribution in [-0.2, 0) is 35.1 Å². The smallest absolute Gasteiger partial charge is 0.845 e. The molecule has 0 atom stereocenters. The van der Waals surface area contributed by atoms with Crippen LogP contribution in [0, 0.1) is 0 Å². The maximum atomic E-state index is 11.0. The third-order valence-electron chi connectivity index (χ3n) is 3.29. The van der Waals surface area contributed by atoms with Crippen LogP contribution in [0.25, 0.3) is 0 Å². The Morgan fingerprint density at radius 1 is 1.00 bits per heavy atom. The van der Waals surface area contributed by atoms with Gasteiger partial charge >= 0.3 is 70.5 Å². The zero-order chi connectivity index (χ0) is 28.5. The molecule has 204 valence electrons. The maximum absolute atomic E-state index is 11.0. The van der Waals surface area contributed by atoms with Crippen LogP contribution in [0.4, 0.5) is 0 Å². The monoisotopic (exact) mass is 757 g/mol. The molecule has 1 heterocycles. The van der Waals surface area contributed by atoms with E-state index in [-0.39, 0.29) is 78.1 Å². The molecule has 1 aromatic heterocycles. The van der Waals surface area contributed by atoms with Gasteiger partial charge in [-0.25, -0.2) is 34.8 Å². The molecule has 0 N–H and O–H groups in total. The second-order valence-electron chi connectivity index (χ2n) is 5.98. The van der Waals surface area contributed by atoms with Gasteiger partial charge in [-0.15, -0.1) is 15.7 Å². The summed E-state index contributed by atoms with van der Waals surface area (Å²) in [6.07, 6.45) is 0. The molecule has 1 aromatic carbocycles. The summed E-state index contributed by atoms with van der Waals surface area (Å²) < 4.78 is 74.8. The first-order valence-electron chi connectivity index (χ1n) is 8.48. The van der Waals surface area contributed by atoms with Gasteiger partial charge in [-0.1, -0.05) is 46.2 Å². The quantitative estimate of drug-likeness (QED) is 0.148. The molecule has 0 bridgehead atoms. The largest absolute Gasteiger partial charge is 1.00 e. The number of rotatable bonds is 7. The summed E-state index contributed by atoms with van der Waals surface area (Å²) in [6.45, 7) is 2.95. The first-order valence-corrected chi connectivity index (χ1v) is 16.1. The summed E-state index contributed by atoms with van der Waals surface area (Å²) >= 11 is 23.5. The van der Waals surface area contributed by atoms with Crippen molar-refractivity contribution in [3.8, 4) is 6.01 Å². The maximum Gasteiger partial charge on any atom is 1.00 e. The topological polar surface area (TPSA) is 205 Å². The molecule has 0 spiro atoms. The molecule has 13 nitrogen and oxygen atoms in total. The number of hydrogen-bond acceptors (Lipinski definition) is 11. The van der Waals surface area contributed by atoms with E-state index in [2.05, 4.69) is 27.5 Å². The average Bonchev–Trinajstić information content (AvgIpc) is 2.76. The summed E-state index contributed by atoms with van der Waals surface area (Å²) in [7, 11) is -11.9. The van der Waals surface area contributed by atoms with Crippen LogP contribution in [0.3, 0.4) is 0 Å². The van der Waals surface area contributed by atoms with E-state index in [0.717, 1.165) is 5.56 Å². The third kappa shape index (κ3) is 15.7. The van der Waals surface area contributed by atoms with E-state index in [9.17, 15) is 44.5 Å². The Morgan fingerprint density at radius 2 is 1.47 bits per heavy atom. The van der Waals surface area contributed by atoms with Crippen molar-refractivity contribution in [3.63, 3.8) is 0 Å². The number of halogens is 5. The van der Waals surface area contributed by atoms with Crippen molar-refractivity contribution in [3.05, 3.63) is 61.7 Å². The van der Waals surface area contributed by atoms with E-state index in [1.54, 1.807) is 12.1 Å². The minimum Gasteiger partial charge on any atom is -0.845 e. The molecule has 0 amide bonds. The van der Waals surface area contributed by atoms with Crippen molar-refractivity contribution in [2.24, 2.45) is 0 Å². The SMILES string of the molecule is C=C(Cl)S(=O)(=O)CS(=O)(=O)CCCl.O=S(=O)([O-])c1ccc(CBr)cc1.O=c1nc([O-])n(Cl)c(=O)n1Cl.[Na+].[Na+].